The molecule has 110 valence electrons. The molecule has 3 nitrogen and oxygen atoms in total. The number of piperazine rings is 1. The van der Waals surface area contributed by atoms with Gasteiger partial charge in [-0.15, -0.1) is 0 Å². The van der Waals surface area contributed by atoms with Gasteiger partial charge in [0.15, 0.2) is 0 Å². The van der Waals surface area contributed by atoms with Crippen LogP contribution < -0.4 is 4.74 Å². The van der Waals surface area contributed by atoms with E-state index in [1.54, 1.807) is 12.1 Å². The van der Waals surface area contributed by atoms with Gasteiger partial charge in [-0.3, -0.25) is 9.80 Å². The molecule has 3 rings (SSSR count). The summed E-state index contributed by atoms with van der Waals surface area (Å²) < 4.78 is 18.5. The topological polar surface area (TPSA) is 15.7 Å². The quantitative estimate of drug-likeness (QED) is 0.841. The SMILES string of the molecule is C[C@H]1CN2CCC[C@@H]2CN1CCOc1ccc(F)cc1. The number of halogens is 1. The maximum Gasteiger partial charge on any atom is 0.123 e. The van der Waals surface area contributed by atoms with Gasteiger partial charge in [-0.25, -0.2) is 4.39 Å². The lowest BCUT2D eigenvalue weighted by molar-refractivity contribution is 0.0500. The molecule has 4 heteroatoms. The summed E-state index contributed by atoms with van der Waals surface area (Å²) in [6.07, 6.45) is 2.68. The summed E-state index contributed by atoms with van der Waals surface area (Å²) in [5.41, 5.74) is 0. The first-order valence-corrected chi connectivity index (χ1v) is 7.59. The molecule has 0 radical (unpaired) electrons. The van der Waals surface area contributed by atoms with Gasteiger partial charge in [0, 0.05) is 31.7 Å². The van der Waals surface area contributed by atoms with E-state index in [1.165, 1.54) is 38.1 Å². The van der Waals surface area contributed by atoms with Crippen LogP contribution in [0.2, 0.25) is 0 Å². The molecular formula is C16H23FN2O. The number of benzene rings is 1. The van der Waals surface area contributed by atoms with Crippen molar-refractivity contribution in [3.05, 3.63) is 30.1 Å². The summed E-state index contributed by atoms with van der Waals surface area (Å²) in [7, 11) is 0. The average Bonchev–Trinajstić information content (AvgIpc) is 2.88. The lowest BCUT2D eigenvalue weighted by Gasteiger charge is -2.42. The highest BCUT2D eigenvalue weighted by Crippen LogP contribution is 2.24. The van der Waals surface area contributed by atoms with Crippen LogP contribution in [0, 0.1) is 5.82 Å². The smallest absolute Gasteiger partial charge is 0.123 e. The van der Waals surface area contributed by atoms with Crippen molar-refractivity contribution in [3.63, 3.8) is 0 Å². The summed E-state index contributed by atoms with van der Waals surface area (Å²) in [6, 6.07) is 7.60. The number of ether oxygens (including phenoxy) is 1. The Morgan fingerprint density at radius 2 is 2.05 bits per heavy atom. The number of hydrogen-bond donors (Lipinski definition) is 0. The number of hydrogen-bond acceptors (Lipinski definition) is 3. The van der Waals surface area contributed by atoms with Gasteiger partial charge in [-0.05, 0) is 50.6 Å². The van der Waals surface area contributed by atoms with Crippen LogP contribution in [-0.2, 0) is 0 Å². The Morgan fingerprint density at radius 1 is 1.25 bits per heavy atom. The first-order chi connectivity index (χ1) is 9.72. The Bertz CT molecular complexity index is 437. The summed E-state index contributed by atoms with van der Waals surface area (Å²) in [5.74, 6) is 0.530. The standard InChI is InChI=1S/C16H23FN2O/c1-13-11-19-8-2-3-15(19)12-18(13)9-10-20-16-6-4-14(17)5-7-16/h4-7,13,15H,2-3,8-12H2,1H3/t13-,15+/m0/s1. The second-order valence-electron chi connectivity index (χ2n) is 5.94. The predicted octanol–water partition coefficient (Wildman–Crippen LogP) is 2.37. The van der Waals surface area contributed by atoms with Crippen molar-refractivity contribution in [2.45, 2.75) is 31.8 Å². The molecule has 2 aliphatic heterocycles. The van der Waals surface area contributed by atoms with Gasteiger partial charge in [0.25, 0.3) is 0 Å². The average molecular weight is 278 g/mol. The summed E-state index contributed by atoms with van der Waals surface area (Å²) in [6.45, 7) is 7.53. The zero-order chi connectivity index (χ0) is 13.9. The minimum atomic E-state index is -0.219. The summed E-state index contributed by atoms with van der Waals surface area (Å²) >= 11 is 0. The van der Waals surface area contributed by atoms with Crippen LogP contribution in [0.3, 0.4) is 0 Å². The van der Waals surface area contributed by atoms with Gasteiger partial charge >= 0.3 is 0 Å². The molecule has 2 fully saturated rings. The van der Waals surface area contributed by atoms with Crippen molar-refractivity contribution < 1.29 is 9.13 Å². The highest BCUT2D eigenvalue weighted by Gasteiger charge is 2.33. The van der Waals surface area contributed by atoms with Gasteiger partial charge in [-0.2, -0.15) is 0 Å². The third-order valence-corrected chi connectivity index (χ3v) is 4.53. The fraction of sp³-hybridized carbons (Fsp3) is 0.625. The number of rotatable bonds is 4. The van der Waals surface area contributed by atoms with Crippen LogP contribution in [0.4, 0.5) is 4.39 Å². The van der Waals surface area contributed by atoms with E-state index in [9.17, 15) is 4.39 Å². The molecule has 2 heterocycles. The minimum Gasteiger partial charge on any atom is -0.492 e. The first-order valence-electron chi connectivity index (χ1n) is 7.59. The third kappa shape index (κ3) is 3.13. The fourth-order valence-electron chi connectivity index (χ4n) is 3.37. The van der Waals surface area contributed by atoms with E-state index in [0.717, 1.165) is 24.9 Å². The van der Waals surface area contributed by atoms with Crippen LogP contribution in [0.1, 0.15) is 19.8 Å². The second kappa shape index (κ2) is 6.10. The minimum absolute atomic E-state index is 0.219. The normalized spacial score (nSPS) is 27.5. The van der Waals surface area contributed by atoms with Crippen molar-refractivity contribution in [2.75, 3.05) is 32.8 Å². The number of nitrogens with zero attached hydrogens (tertiary/aromatic N) is 2. The van der Waals surface area contributed by atoms with Crippen molar-refractivity contribution >= 4 is 0 Å². The Kier molecular flexibility index (Phi) is 4.22. The molecule has 2 saturated heterocycles. The van der Waals surface area contributed by atoms with E-state index in [0.29, 0.717) is 12.6 Å². The molecule has 1 aromatic carbocycles. The number of fused-ring (bicyclic) bond motifs is 1. The molecule has 20 heavy (non-hydrogen) atoms. The Hall–Kier alpha value is -1.13. The van der Waals surface area contributed by atoms with Crippen LogP contribution in [-0.4, -0.2) is 54.7 Å². The molecule has 1 aromatic rings. The molecule has 0 amide bonds. The van der Waals surface area contributed by atoms with Crippen LogP contribution in [0.25, 0.3) is 0 Å². The van der Waals surface area contributed by atoms with E-state index in [1.807, 2.05) is 0 Å². The maximum absolute atomic E-state index is 12.8. The van der Waals surface area contributed by atoms with Gasteiger partial charge in [0.2, 0.25) is 0 Å². The molecule has 0 spiro atoms. The molecule has 0 unspecified atom stereocenters. The molecular weight excluding hydrogens is 255 g/mol. The van der Waals surface area contributed by atoms with Gasteiger partial charge in [0.1, 0.15) is 18.2 Å². The van der Waals surface area contributed by atoms with Gasteiger partial charge in [0.05, 0.1) is 0 Å². The maximum atomic E-state index is 12.8. The van der Waals surface area contributed by atoms with Gasteiger partial charge < -0.3 is 4.74 Å². The van der Waals surface area contributed by atoms with E-state index >= 15 is 0 Å². The van der Waals surface area contributed by atoms with Crippen molar-refractivity contribution in [1.29, 1.82) is 0 Å². The Morgan fingerprint density at radius 3 is 2.85 bits per heavy atom. The molecule has 0 N–H and O–H groups in total. The molecule has 0 saturated carbocycles. The first kappa shape index (κ1) is 13.8. The van der Waals surface area contributed by atoms with E-state index in [4.69, 9.17) is 4.74 Å². The predicted molar refractivity (Wildman–Crippen MR) is 77.5 cm³/mol. The summed E-state index contributed by atoms with van der Waals surface area (Å²) in [4.78, 5) is 5.15. The lowest BCUT2D eigenvalue weighted by atomic mass is 10.1. The zero-order valence-electron chi connectivity index (χ0n) is 12.1. The van der Waals surface area contributed by atoms with Crippen molar-refractivity contribution in [1.82, 2.24) is 9.80 Å². The lowest BCUT2D eigenvalue weighted by Crippen LogP contribution is -2.55. The van der Waals surface area contributed by atoms with E-state index in [-0.39, 0.29) is 5.82 Å². The van der Waals surface area contributed by atoms with Crippen molar-refractivity contribution in [2.24, 2.45) is 0 Å². The Labute approximate surface area is 120 Å². The molecule has 0 bridgehead atoms. The van der Waals surface area contributed by atoms with Gasteiger partial charge in [-0.1, -0.05) is 0 Å². The summed E-state index contributed by atoms with van der Waals surface area (Å²) in [5, 5.41) is 0. The van der Waals surface area contributed by atoms with Crippen molar-refractivity contribution in [3.8, 4) is 5.75 Å². The second-order valence-corrected chi connectivity index (χ2v) is 5.94. The highest BCUT2D eigenvalue weighted by atomic mass is 19.1. The largest absolute Gasteiger partial charge is 0.492 e. The highest BCUT2D eigenvalue weighted by molar-refractivity contribution is 5.21. The molecule has 2 aliphatic rings. The monoisotopic (exact) mass is 278 g/mol. The van der Waals surface area contributed by atoms with E-state index in [2.05, 4.69) is 16.7 Å². The van der Waals surface area contributed by atoms with Crippen LogP contribution in [0.15, 0.2) is 24.3 Å². The molecule has 2 atom stereocenters. The molecule has 0 aromatic heterocycles. The fourth-order valence-corrected chi connectivity index (χ4v) is 3.37. The third-order valence-electron chi connectivity index (χ3n) is 4.53. The van der Waals surface area contributed by atoms with Crippen LogP contribution in [0.5, 0.6) is 5.75 Å². The Balaban J connectivity index is 1.47. The van der Waals surface area contributed by atoms with E-state index < -0.39 is 0 Å². The van der Waals surface area contributed by atoms with Crippen LogP contribution >= 0.6 is 0 Å². The molecule has 0 aliphatic carbocycles. The zero-order valence-corrected chi connectivity index (χ0v) is 12.1.